The molecule has 1 aliphatic rings. The molecule has 1 amide bonds. The number of ether oxygens (including phenoxy) is 1. The van der Waals surface area contributed by atoms with Crippen molar-refractivity contribution in [2.45, 2.75) is 12.8 Å². The minimum absolute atomic E-state index is 0.0483. The van der Waals surface area contributed by atoms with Crippen LogP contribution in [0.1, 0.15) is 18.6 Å². The van der Waals surface area contributed by atoms with E-state index in [1.54, 1.807) is 31.6 Å². The molecule has 0 aromatic carbocycles. The number of furan rings is 1. The molecule has 1 aromatic rings. The molecular weight excluding hydrogens is 230 g/mol. The van der Waals surface area contributed by atoms with Crippen LogP contribution in [0, 0.1) is 5.92 Å². The number of methoxy groups -OCH3 is 1. The first-order valence-corrected chi connectivity index (χ1v) is 6.29. The predicted molar refractivity (Wildman–Crippen MR) is 68.9 cm³/mol. The first-order chi connectivity index (χ1) is 8.79. The molecule has 0 N–H and O–H groups in total. The van der Waals surface area contributed by atoms with Crippen LogP contribution in [-0.2, 0) is 9.53 Å². The Hall–Kier alpha value is -1.55. The highest BCUT2D eigenvalue weighted by Crippen LogP contribution is 2.17. The van der Waals surface area contributed by atoms with Crippen LogP contribution < -0.4 is 0 Å². The van der Waals surface area contributed by atoms with Gasteiger partial charge in [0.2, 0.25) is 5.91 Å². The summed E-state index contributed by atoms with van der Waals surface area (Å²) in [5, 5.41) is 0. The van der Waals surface area contributed by atoms with E-state index in [1.165, 1.54) is 0 Å². The molecule has 1 atom stereocenters. The van der Waals surface area contributed by atoms with Crippen LogP contribution >= 0.6 is 0 Å². The van der Waals surface area contributed by atoms with Crippen LogP contribution in [0.15, 0.2) is 28.9 Å². The van der Waals surface area contributed by atoms with E-state index < -0.39 is 0 Å². The van der Waals surface area contributed by atoms with Gasteiger partial charge in [0.05, 0.1) is 12.9 Å². The number of nitrogens with zero attached hydrogens (tertiary/aromatic N) is 1. The molecule has 1 aromatic heterocycles. The Bertz CT molecular complexity index is 395. The molecular formula is C14H19NO3. The van der Waals surface area contributed by atoms with E-state index >= 15 is 0 Å². The number of piperidine rings is 1. The molecule has 4 nitrogen and oxygen atoms in total. The van der Waals surface area contributed by atoms with Crippen molar-refractivity contribution in [3.05, 3.63) is 30.2 Å². The highest BCUT2D eigenvalue weighted by Gasteiger charge is 2.22. The van der Waals surface area contributed by atoms with Gasteiger partial charge in [-0.05, 0) is 37.0 Å². The minimum Gasteiger partial charge on any atom is -0.465 e. The smallest absolute Gasteiger partial charge is 0.246 e. The third-order valence-corrected chi connectivity index (χ3v) is 3.17. The molecule has 0 bridgehead atoms. The van der Waals surface area contributed by atoms with Gasteiger partial charge in [-0.15, -0.1) is 0 Å². The lowest BCUT2D eigenvalue weighted by Crippen LogP contribution is -2.40. The summed E-state index contributed by atoms with van der Waals surface area (Å²) in [6.07, 6.45) is 7.07. The van der Waals surface area contributed by atoms with Crippen LogP contribution in [0.25, 0.3) is 6.08 Å². The minimum atomic E-state index is 0.0483. The molecule has 0 saturated carbocycles. The average Bonchev–Trinajstić information content (AvgIpc) is 2.90. The van der Waals surface area contributed by atoms with Crippen molar-refractivity contribution in [3.63, 3.8) is 0 Å². The van der Waals surface area contributed by atoms with Gasteiger partial charge in [-0.2, -0.15) is 0 Å². The maximum absolute atomic E-state index is 12.0. The molecule has 1 aliphatic heterocycles. The Labute approximate surface area is 107 Å². The Balaban J connectivity index is 1.88. The summed E-state index contributed by atoms with van der Waals surface area (Å²) in [6, 6.07) is 3.63. The molecule has 1 saturated heterocycles. The van der Waals surface area contributed by atoms with Gasteiger partial charge in [0.15, 0.2) is 0 Å². The number of rotatable bonds is 4. The van der Waals surface area contributed by atoms with Crippen molar-refractivity contribution in [2.75, 3.05) is 26.8 Å². The van der Waals surface area contributed by atoms with Crippen LogP contribution in [0.3, 0.4) is 0 Å². The monoisotopic (exact) mass is 249 g/mol. The lowest BCUT2D eigenvalue weighted by Gasteiger charge is -2.31. The molecule has 0 aliphatic carbocycles. The largest absolute Gasteiger partial charge is 0.465 e. The fraction of sp³-hybridized carbons (Fsp3) is 0.500. The molecule has 2 rings (SSSR count). The van der Waals surface area contributed by atoms with Gasteiger partial charge in [-0.3, -0.25) is 4.79 Å². The average molecular weight is 249 g/mol. The molecule has 0 radical (unpaired) electrons. The summed E-state index contributed by atoms with van der Waals surface area (Å²) in [6.45, 7) is 2.35. The zero-order chi connectivity index (χ0) is 12.8. The van der Waals surface area contributed by atoms with Gasteiger partial charge in [-0.1, -0.05) is 0 Å². The molecule has 4 heteroatoms. The van der Waals surface area contributed by atoms with Crippen LogP contribution in [0.5, 0.6) is 0 Å². The SMILES string of the molecule is COCC1CCCN(C(=O)/C=C/c2ccco2)C1. The second-order valence-corrected chi connectivity index (χ2v) is 4.60. The second kappa shape index (κ2) is 6.40. The van der Waals surface area contributed by atoms with Gasteiger partial charge in [0.25, 0.3) is 0 Å². The summed E-state index contributed by atoms with van der Waals surface area (Å²) in [5.74, 6) is 1.21. The fourth-order valence-electron chi connectivity index (χ4n) is 2.28. The molecule has 2 heterocycles. The van der Waals surface area contributed by atoms with Gasteiger partial charge in [-0.25, -0.2) is 0 Å². The summed E-state index contributed by atoms with van der Waals surface area (Å²) in [5.41, 5.74) is 0. The van der Waals surface area contributed by atoms with Crippen molar-refractivity contribution in [1.29, 1.82) is 0 Å². The highest BCUT2D eigenvalue weighted by molar-refractivity contribution is 5.91. The lowest BCUT2D eigenvalue weighted by molar-refractivity contribution is -0.128. The van der Waals surface area contributed by atoms with E-state index in [-0.39, 0.29) is 5.91 Å². The molecule has 18 heavy (non-hydrogen) atoms. The summed E-state index contributed by atoms with van der Waals surface area (Å²) >= 11 is 0. The summed E-state index contributed by atoms with van der Waals surface area (Å²) < 4.78 is 10.3. The quantitative estimate of drug-likeness (QED) is 0.768. The highest BCUT2D eigenvalue weighted by atomic mass is 16.5. The molecule has 98 valence electrons. The fourth-order valence-corrected chi connectivity index (χ4v) is 2.28. The molecule has 1 unspecified atom stereocenters. The van der Waals surface area contributed by atoms with Crippen molar-refractivity contribution < 1.29 is 13.9 Å². The first-order valence-electron chi connectivity index (χ1n) is 6.29. The van der Waals surface area contributed by atoms with Crippen molar-refractivity contribution in [3.8, 4) is 0 Å². The Morgan fingerprint density at radius 1 is 1.67 bits per heavy atom. The maximum atomic E-state index is 12.0. The summed E-state index contributed by atoms with van der Waals surface area (Å²) in [7, 11) is 1.71. The number of likely N-dealkylation sites (tertiary alicyclic amines) is 1. The molecule has 1 fully saturated rings. The van der Waals surface area contributed by atoms with Crippen LogP contribution in [0.2, 0.25) is 0 Å². The lowest BCUT2D eigenvalue weighted by atomic mass is 9.99. The van der Waals surface area contributed by atoms with Gasteiger partial charge >= 0.3 is 0 Å². The number of hydrogen-bond donors (Lipinski definition) is 0. The third kappa shape index (κ3) is 3.47. The van der Waals surface area contributed by atoms with E-state index in [4.69, 9.17) is 9.15 Å². The first kappa shape index (κ1) is 12.9. The topological polar surface area (TPSA) is 42.7 Å². The van der Waals surface area contributed by atoms with Crippen molar-refractivity contribution >= 4 is 12.0 Å². The maximum Gasteiger partial charge on any atom is 0.246 e. The van der Waals surface area contributed by atoms with Crippen LogP contribution in [0.4, 0.5) is 0 Å². The van der Waals surface area contributed by atoms with E-state index in [0.717, 1.165) is 32.5 Å². The number of amides is 1. The Morgan fingerprint density at radius 2 is 2.56 bits per heavy atom. The zero-order valence-corrected chi connectivity index (χ0v) is 10.7. The summed E-state index contributed by atoms with van der Waals surface area (Å²) in [4.78, 5) is 13.9. The second-order valence-electron chi connectivity index (χ2n) is 4.60. The van der Waals surface area contributed by atoms with E-state index in [9.17, 15) is 4.79 Å². The number of carbonyl (C=O) groups excluding carboxylic acids is 1. The normalized spacial score (nSPS) is 20.5. The van der Waals surface area contributed by atoms with Crippen molar-refractivity contribution in [2.24, 2.45) is 5.92 Å². The number of carbonyl (C=O) groups is 1. The van der Waals surface area contributed by atoms with Crippen LogP contribution in [-0.4, -0.2) is 37.6 Å². The van der Waals surface area contributed by atoms with Gasteiger partial charge in [0.1, 0.15) is 5.76 Å². The van der Waals surface area contributed by atoms with E-state index in [1.807, 2.05) is 11.0 Å². The van der Waals surface area contributed by atoms with Crippen molar-refractivity contribution in [1.82, 2.24) is 4.90 Å². The molecule has 0 spiro atoms. The predicted octanol–water partition coefficient (Wildman–Crippen LogP) is 2.18. The Morgan fingerprint density at radius 3 is 3.28 bits per heavy atom. The zero-order valence-electron chi connectivity index (χ0n) is 10.7. The Kier molecular flexibility index (Phi) is 4.59. The third-order valence-electron chi connectivity index (χ3n) is 3.17. The van der Waals surface area contributed by atoms with Gasteiger partial charge in [0, 0.05) is 26.3 Å². The van der Waals surface area contributed by atoms with E-state index in [0.29, 0.717) is 11.7 Å². The van der Waals surface area contributed by atoms with Gasteiger partial charge < -0.3 is 14.1 Å². The van der Waals surface area contributed by atoms with E-state index in [2.05, 4.69) is 0 Å². The standard InChI is InChI=1S/C14H19NO3/c1-17-11-12-4-2-8-15(10-12)14(16)7-6-13-5-3-9-18-13/h3,5-7,9,12H,2,4,8,10-11H2,1H3/b7-6+. The number of hydrogen-bond acceptors (Lipinski definition) is 3.